The number of nitrogens with zero attached hydrogens (tertiary/aromatic N) is 1. The average molecular weight is 339 g/mol. The van der Waals surface area contributed by atoms with Gasteiger partial charge in [0.2, 0.25) is 0 Å². The van der Waals surface area contributed by atoms with Gasteiger partial charge in [0.1, 0.15) is 11.2 Å². The molecule has 1 aromatic heterocycles. The fraction of sp³-hybridized carbons (Fsp3) is 0.333. The molecule has 0 unspecified atom stereocenters. The molecule has 3 rings (SSSR count). The normalized spacial score (nSPS) is 15.8. The molecule has 1 aliphatic carbocycles. The van der Waals surface area contributed by atoms with Gasteiger partial charge in [-0.25, -0.2) is 4.79 Å². The minimum absolute atomic E-state index is 0.0262. The van der Waals surface area contributed by atoms with E-state index < -0.39 is 24.0 Å². The van der Waals surface area contributed by atoms with Gasteiger partial charge in [0.25, 0.3) is 5.91 Å². The molecule has 1 aromatic carbocycles. The first-order valence-electron chi connectivity index (χ1n) is 7.94. The second kappa shape index (κ2) is 6.40. The molecule has 1 heterocycles. The van der Waals surface area contributed by atoms with Crippen LogP contribution in [0.2, 0.25) is 0 Å². The minimum atomic E-state index is -0.944. The first kappa shape index (κ1) is 16.7. The van der Waals surface area contributed by atoms with Crippen LogP contribution in [0, 0.1) is 17.2 Å². The maximum atomic E-state index is 12.1. The van der Waals surface area contributed by atoms with Crippen LogP contribution in [-0.4, -0.2) is 29.0 Å². The number of aromatic amines is 1. The van der Waals surface area contributed by atoms with E-state index in [1.807, 2.05) is 0 Å². The lowest BCUT2D eigenvalue weighted by Crippen LogP contribution is -2.48. The molecular weight excluding hydrogens is 322 g/mol. The largest absolute Gasteiger partial charge is 0.451 e. The molecule has 25 heavy (non-hydrogen) atoms. The number of H-pyrrole nitrogens is 1. The smallest absolute Gasteiger partial charge is 0.355 e. The molecule has 0 radical (unpaired) electrons. The molecule has 0 spiro atoms. The Morgan fingerprint density at radius 3 is 2.80 bits per heavy atom. The molecular formula is C18H17N3O4. The quantitative estimate of drug-likeness (QED) is 0.802. The molecule has 1 aliphatic rings. The van der Waals surface area contributed by atoms with Crippen LogP contribution < -0.4 is 10.7 Å². The van der Waals surface area contributed by atoms with E-state index in [1.54, 1.807) is 31.2 Å². The third-order valence-corrected chi connectivity index (χ3v) is 4.32. The van der Waals surface area contributed by atoms with E-state index in [-0.39, 0.29) is 17.0 Å². The number of nitriles is 1. The van der Waals surface area contributed by atoms with Crippen molar-refractivity contribution in [2.24, 2.45) is 5.92 Å². The number of hydrogen-bond donors (Lipinski definition) is 2. The number of hydrogen-bond acceptors (Lipinski definition) is 5. The van der Waals surface area contributed by atoms with Crippen molar-refractivity contribution in [1.82, 2.24) is 10.3 Å². The van der Waals surface area contributed by atoms with Crippen LogP contribution in [0.1, 0.15) is 30.3 Å². The van der Waals surface area contributed by atoms with Crippen molar-refractivity contribution in [3.8, 4) is 6.07 Å². The highest BCUT2D eigenvalue weighted by Crippen LogP contribution is 2.39. The topological polar surface area (TPSA) is 112 Å². The number of carbonyl (C=O) groups is 2. The molecule has 0 bridgehead atoms. The van der Waals surface area contributed by atoms with Crippen molar-refractivity contribution in [1.29, 1.82) is 5.26 Å². The molecule has 0 saturated heterocycles. The molecule has 1 fully saturated rings. The Morgan fingerprint density at radius 1 is 1.40 bits per heavy atom. The van der Waals surface area contributed by atoms with Gasteiger partial charge in [-0.2, -0.15) is 5.26 Å². The molecule has 0 aliphatic heterocycles. The van der Waals surface area contributed by atoms with Crippen LogP contribution in [0.4, 0.5) is 0 Å². The Balaban J connectivity index is 1.66. The monoisotopic (exact) mass is 339 g/mol. The summed E-state index contributed by atoms with van der Waals surface area (Å²) in [5.74, 6) is -1.22. The number of amides is 1. The summed E-state index contributed by atoms with van der Waals surface area (Å²) in [4.78, 5) is 38.9. The number of benzene rings is 1. The maximum absolute atomic E-state index is 12.1. The van der Waals surface area contributed by atoms with E-state index in [4.69, 9.17) is 4.74 Å². The summed E-state index contributed by atoms with van der Waals surface area (Å²) in [6.07, 6.45) is 1.78. The number of fused-ring (bicyclic) bond motifs is 1. The van der Waals surface area contributed by atoms with Crippen LogP contribution in [0.25, 0.3) is 10.9 Å². The molecule has 2 aromatic rings. The van der Waals surface area contributed by atoms with Gasteiger partial charge in [-0.05, 0) is 37.8 Å². The minimum Gasteiger partial charge on any atom is -0.451 e. The highest BCUT2D eigenvalue weighted by molar-refractivity contribution is 5.92. The zero-order chi connectivity index (χ0) is 18.0. The number of para-hydroxylation sites is 1. The zero-order valence-electron chi connectivity index (χ0n) is 13.7. The number of esters is 1. The van der Waals surface area contributed by atoms with E-state index in [2.05, 4.69) is 16.4 Å². The second-order valence-corrected chi connectivity index (χ2v) is 6.31. The van der Waals surface area contributed by atoms with E-state index >= 15 is 0 Å². The summed E-state index contributed by atoms with van der Waals surface area (Å²) in [7, 11) is 0. The van der Waals surface area contributed by atoms with E-state index in [0.717, 1.165) is 18.9 Å². The summed E-state index contributed by atoms with van der Waals surface area (Å²) in [5.41, 5.74) is -0.767. The van der Waals surface area contributed by atoms with Crippen molar-refractivity contribution in [3.05, 3.63) is 46.2 Å². The van der Waals surface area contributed by atoms with Crippen molar-refractivity contribution in [3.63, 3.8) is 0 Å². The Hall–Kier alpha value is -3.14. The van der Waals surface area contributed by atoms with Crippen molar-refractivity contribution in [2.45, 2.75) is 25.3 Å². The Labute approximate surface area is 143 Å². The van der Waals surface area contributed by atoms with Crippen LogP contribution in [0.5, 0.6) is 0 Å². The van der Waals surface area contributed by atoms with E-state index in [9.17, 15) is 19.6 Å². The lowest BCUT2D eigenvalue weighted by molar-refractivity contribution is -0.125. The summed E-state index contributed by atoms with van der Waals surface area (Å²) in [6.45, 7) is 1.14. The average Bonchev–Trinajstić information content (AvgIpc) is 3.45. The van der Waals surface area contributed by atoms with Gasteiger partial charge in [0.15, 0.2) is 12.0 Å². The predicted molar refractivity (Wildman–Crippen MR) is 89.7 cm³/mol. The van der Waals surface area contributed by atoms with Crippen LogP contribution >= 0.6 is 0 Å². The highest BCUT2D eigenvalue weighted by atomic mass is 16.5. The number of nitrogens with one attached hydrogen (secondary N) is 2. The van der Waals surface area contributed by atoms with Crippen LogP contribution in [0.3, 0.4) is 0 Å². The fourth-order valence-electron chi connectivity index (χ4n) is 2.72. The van der Waals surface area contributed by atoms with Crippen molar-refractivity contribution >= 4 is 22.8 Å². The van der Waals surface area contributed by atoms with Gasteiger partial charge in [0.05, 0.1) is 6.07 Å². The van der Waals surface area contributed by atoms with Gasteiger partial charge < -0.3 is 15.0 Å². The van der Waals surface area contributed by atoms with Gasteiger partial charge >= 0.3 is 5.97 Å². The molecule has 7 heteroatoms. The predicted octanol–water partition coefficient (Wildman–Crippen LogP) is 1.49. The lowest BCUT2D eigenvalue weighted by atomic mass is 9.98. The van der Waals surface area contributed by atoms with E-state index in [1.165, 1.54) is 0 Å². The summed E-state index contributed by atoms with van der Waals surface area (Å²) < 4.78 is 4.95. The summed E-state index contributed by atoms with van der Waals surface area (Å²) in [6, 6.07) is 10.0. The van der Waals surface area contributed by atoms with Gasteiger partial charge in [-0.15, -0.1) is 0 Å². The SMILES string of the molecule is C[C@](C#N)(NC(=O)COC(=O)c1cc(=O)c2ccccc2[nH]1)C1CC1. The van der Waals surface area contributed by atoms with Crippen molar-refractivity contribution in [2.75, 3.05) is 6.61 Å². The van der Waals surface area contributed by atoms with Gasteiger partial charge in [0, 0.05) is 17.0 Å². The molecule has 7 nitrogen and oxygen atoms in total. The second-order valence-electron chi connectivity index (χ2n) is 6.31. The van der Waals surface area contributed by atoms with Crippen molar-refractivity contribution < 1.29 is 14.3 Å². The third kappa shape index (κ3) is 3.53. The Kier molecular flexibility index (Phi) is 4.28. The zero-order valence-corrected chi connectivity index (χ0v) is 13.7. The van der Waals surface area contributed by atoms with Crippen LogP contribution in [0.15, 0.2) is 35.1 Å². The highest BCUT2D eigenvalue weighted by Gasteiger charge is 2.43. The Bertz CT molecular complexity index is 939. The summed E-state index contributed by atoms with van der Waals surface area (Å²) in [5, 5.41) is 12.3. The fourth-order valence-corrected chi connectivity index (χ4v) is 2.72. The lowest BCUT2D eigenvalue weighted by Gasteiger charge is -2.22. The first-order valence-corrected chi connectivity index (χ1v) is 7.94. The molecule has 1 amide bonds. The van der Waals surface area contributed by atoms with E-state index in [0.29, 0.717) is 10.9 Å². The third-order valence-electron chi connectivity index (χ3n) is 4.32. The number of ether oxygens (including phenoxy) is 1. The van der Waals surface area contributed by atoms with Gasteiger partial charge in [-0.1, -0.05) is 12.1 Å². The molecule has 1 saturated carbocycles. The maximum Gasteiger partial charge on any atom is 0.355 e. The standard InChI is InChI=1S/C18H17N3O4/c1-18(10-19,11-6-7-11)21-16(23)9-25-17(24)14-8-15(22)12-4-2-3-5-13(12)20-14/h2-5,8,11H,6-7,9H2,1H3,(H,20,22)(H,21,23)/t18-/m1/s1. The van der Waals surface area contributed by atoms with Crippen LogP contribution in [-0.2, 0) is 9.53 Å². The van der Waals surface area contributed by atoms with Gasteiger partial charge in [-0.3, -0.25) is 9.59 Å². The number of aromatic nitrogens is 1. The molecule has 128 valence electrons. The number of carbonyl (C=O) groups excluding carboxylic acids is 2. The summed E-state index contributed by atoms with van der Waals surface area (Å²) >= 11 is 0. The molecule has 2 N–H and O–H groups in total. The molecule has 1 atom stereocenters. The number of rotatable bonds is 5. The first-order chi connectivity index (χ1) is 11.9. The Morgan fingerprint density at radius 2 is 2.12 bits per heavy atom. The number of pyridine rings is 1.